The normalized spacial score (nSPS) is 18.7. The van der Waals surface area contributed by atoms with Crippen LogP contribution in [0.1, 0.15) is 70.7 Å². The van der Waals surface area contributed by atoms with Gasteiger partial charge in [-0.15, -0.1) is 0 Å². The maximum Gasteiger partial charge on any atom is 0.187 e. The van der Waals surface area contributed by atoms with Crippen molar-refractivity contribution in [1.82, 2.24) is 4.90 Å². The molecule has 164 valence electrons. The van der Waals surface area contributed by atoms with E-state index in [2.05, 4.69) is 114 Å². The summed E-state index contributed by atoms with van der Waals surface area (Å²) >= 11 is 0. The summed E-state index contributed by atoms with van der Waals surface area (Å²) in [7, 11) is 0. The van der Waals surface area contributed by atoms with Crippen molar-refractivity contribution in [3.63, 3.8) is 0 Å². The quantitative estimate of drug-likeness (QED) is 0.523. The zero-order valence-electron chi connectivity index (χ0n) is 20.3. The Morgan fingerprint density at radius 1 is 0.710 bits per heavy atom. The Balaban J connectivity index is 1.89. The first kappa shape index (κ1) is 23.2. The van der Waals surface area contributed by atoms with E-state index in [-0.39, 0.29) is 16.6 Å². The number of carbonyl (C=O) groups is 1. The third kappa shape index (κ3) is 5.83. The molecule has 1 saturated heterocycles. The summed E-state index contributed by atoms with van der Waals surface area (Å²) in [5, 5.41) is 0. The molecule has 3 rings (SSSR count). The maximum absolute atomic E-state index is 13.3. The van der Waals surface area contributed by atoms with E-state index in [9.17, 15) is 4.79 Å². The smallest absolute Gasteiger partial charge is 0.187 e. The molecule has 0 unspecified atom stereocenters. The number of piperidine rings is 1. The fourth-order valence-electron chi connectivity index (χ4n) is 3.89. The molecule has 31 heavy (non-hydrogen) atoms. The SMILES string of the molecule is CCN1C/C(=C\c2ccc(C(C)(C)C)cc2)C(=O)/C(=C/c2ccc(C(C)(C)C)cc2)C1. The summed E-state index contributed by atoms with van der Waals surface area (Å²) in [5.74, 6) is 0.171. The van der Waals surface area contributed by atoms with Gasteiger partial charge in [0.1, 0.15) is 0 Å². The molecule has 0 bridgehead atoms. The molecule has 0 amide bonds. The van der Waals surface area contributed by atoms with Gasteiger partial charge in [0.2, 0.25) is 0 Å². The number of ketones is 1. The highest BCUT2D eigenvalue weighted by atomic mass is 16.1. The van der Waals surface area contributed by atoms with Gasteiger partial charge in [-0.2, -0.15) is 0 Å². The number of likely N-dealkylation sites (N-methyl/N-ethyl adjacent to an activating group) is 1. The van der Waals surface area contributed by atoms with Crippen molar-refractivity contribution in [2.24, 2.45) is 0 Å². The monoisotopic (exact) mass is 415 g/mol. The first-order valence-electron chi connectivity index (χ1n) is 11.4. The third-order valence-electron chi connectivity index (χ3n) is 6.05. The summed E-state index contributed by atoms with van der Waals surface area (Å²) in [4.78, 5) is 15.6. The van der Waals surface area contributed by atoms with E-state index in [1.54, 1.807) is 0 Å². The van der Waals surface area contributed by atoms with Crippen LogP contribution in [0.4, 0.5) is 0 Å². The predicted octanol–water partition coefficient (Wildman–Crippen LogP) is 6.65. The van der Waals surface area contributed by atoms with Crippen LogP contribution >= 0.6 is 0 Å². The summed E-state index contributed by atoms with van der Waals surface area (Å²) in [5.41, 5.74) is 6.78. The van der Waals surface area contributed by atoms with Crippen LogP contribution in [-0.2, 0) is 15.6 Å². The number of hydrogen-bond donors (Lipinski definition) is 0. The van der Waals surface area contributed by atoms with Gasteiger partial charge in [-0.3, -0.25) is 9.69 Å². The van der Waals surface area contributed by atoms with Crippen molar-refractivity contribution in [1.29, 1.82) is 0 Å². The van der Waals surface area contributed by atoms with Crippen LogP contribution in [0, 0.1) is 0 Å². The van der Waals surface area contributed by atoms with Crippen molar-refractivity contribution in [2.45, 2.75) is 59.3 Å². The molecule has 0 aromatic heterocycles. The molecule has 0 radical (unpaired) electrons. The minimum absolute atomic E-state index is 0.129. The lowest BCUT2D eigenvalue weighted by Crippen LogP contribution is -2.37. The number of Topliss-reactive ketones (excluding diaryl/α,β-unsaturated/α-hetero) is 1. The zero-order chi connectivity index (χ0) is 22.8. The Kier molecular flexibility index (Phi) is 6.71. The van der Waals surface area contributed by atoms with E-state index in [4.69, 9.17) is 0 Å². The highest BCUT2D eigenvalue weighted by molar-refractivity contribution is 6.14. The van der Waals surface area contributed by atoms with Gasteiger partial charge in [-0.1, -0.05) is 97.0 Å². The number of likely N-dealkylation sites (tertiary alicyclic amines) is 1. The lowest BCUT2D eigenvalue weighted by Gasteiger charge is -2.28. The van der Waals surface area contributed by atoms with Crippen LogP contribution in [0.5, 0.6) is 0 Å². The van der Waals surface area contributed by atoms with Gasteiger partial charge in [-0.05, 0) is 51.8 Å². The number of rotatable bonds is 3. The van der Waals surface area contributed by atoms with Crippen LogP contribution in [0.15, 0.2) is 59.7 Å². The van der Waals surface area contributed by atoms with Gasteiger partial charge >= 0.3 is 0 Å². The Morgan fingerprint density at radius 3 is 1.35 bits per heavy atom. The zero-order valence-corrected chi connectivity index (χ0v) is 20.3. The van der Waals surface area contributed by atoms with E-state index in [0.29, 0.717) is 13.1 Å². The highest BCUT2D eigenvalue weighted by Gasteiger charge is 2.25. The number of carbonyl (C=O) groups excluding carboxylic acids is 1. The van der Waals surface area contributed by atoms with Crippen molar-refractivity contribution in [3.05, 3.63) is 81.9 Å². The standard InChI is InChI=1S/C29H37NO/c1-8-30-19-23(17-21-9-13-25(14-10-21)28(2,3)4)27(31)24(20-30)18-22-11-15-26(16-12-22)29(5,6)7/h9-18H,8,19-20H2,1-7H3/b23-17+,24-18+. The lowest BCUT2D eigenvalue weighted by atomic mass is 9.86. The molecule has 1 fully saturated rings. The summed E-state index contributed by atoms with van der Waals surface area (Å²) in [6.45, 7) is 17.8. The maximum atomic E-state index is 13.3. The van der Waals surface area contributed by atoms with Gasteiger partial charge in [0.15, 0.2) is 5.78 Å². The fourth-order valence-corrected chi connectivity index (χ4v) is 3.89. The van der Waals surface area contributed by atoms with E-state index >= 15 is 0 Å². The van der Waals surface area contributed by atoms with E-state index in [1.165, 1.54) is 11.1 Å². The number of nitrogens with zero attached hydrogens (tertiary/aromatic N) is 1. The Bertz CT molecular complexity index is 898. The van der Waals surface area contributed by atoms with Crippen molar-refractivity contribution in [2.75, 3.05) is 19.6 Å². The first-order valence-corrected chi connectivity index (χ1v) is 11.4. The van der Waals surface area contributed by atoms with Gasteiger partial charge in [0.25, 0.3) is 0 Å². The lowest BCUT2D eigenvalue weighted by molar-refractivity contribution is -0.113. The molecule has 0 atom stereocenters. The Labute approximate surface area is 188 Å². The average molecular weight is 416 g/mol. The van der Waals surface area contributed by atoms with Crippen LogP contribution in [0.2, 0.25) is 0 Å². The third-order valence-corrected chi connectivity index (χ3v) is 6.05. The minimum atomic E-state index is 0.129. The molecule has 0 N–H and O–H groups in total. The molecule has 2 aromatic carbocycles. The molecular formula is C29H37NO. The highest BCUT2D eigenvalue weighted by Crippen LogP contribution is 2.26. The fraction of sp³-hybridized carbons (Fsp3) is 0.414. The summed E-state index contributed by atoms with van der Waals surface area (Å²) in [6, 6.07) is 17.2. The molecule has 1 heterocycles. The molecule has 0 aliphatic carbocycles. The predicted molar refractivity (Wildman–Crippen MR) is 133 cm³/mol. The number of hydrogen-bond acceptors (Lipinski definition) is 2. The molecule has 2 nitrogen and oxygen atoms in total. The average Bonchev–Trinajstić information content (AvgIpc) is 2.70. The van der Waals surface area contributed by atoms with E-state index in [0.717, 1.165) is 28.8 Å². The molecule has 2 aromatic rings. The van der Waals surface area contributed by atoms with E-state index < -0.39 is 0 Å². The molecule has 0 saturated carbocycles. The largest absolute Gasteiger partial charge is 0.295 e. The van der Waals surface area contributed by atoms with E-state index in [1.807, 2.05) is 0 Å². The first-order chi connectivity index (χ1) is 14.5. The van der Waals surface area contributed by atoms with Crippen LogP contribution < -0.4 is 0 Å². The van der Waals surface area contributed by atoms with Crippen molar-refractivity contribution >= 4 is 17.9 Å². The Hall–Kier alpha value is -2.45. The molecule has 1 aliphatic heterocycles. The number of benzene rings is 2. The Morgan fingerprint density at radius 2 is 1.06 bits per heavy atom. The molecule has 1 aliphatic rings. The van der Waals surface area contributed by atoms with Gasteiger partial charge < -0.3 is 0 Å². The topological polar surface area (TPSA) is 20.3 Å². The second-order valence-electron chi connectivity index (χ2n) is 10.7. The van der Waals surface area contributed by atoms with Crippen LogP contribution in [0.3, 0.4) is 0 Å². The van der Waals surface area contributed by atoms with Crippen molar-refractivity contribution < 1.29 is 4.79 Å². The van der Waals surface area contributed by atoms with Gasteiger partial charge in [0, 0.05) is 24.2 Å². The van der Waals surface area contributed by atoms with Gasteiger partial charge in [-0.25, -0.2) is 0 Å². The molecule has 0 spiro atoms. The molecular weight excluding hydrogens is 378 g/mol. The summed E-state index contributed by atoms with van der Waals surface area (Å²) in [6.07, 6.45) is 4.13. The van der Waals surface area contributed by atoms with Gasteiger partial charge in [0.05, 0.1) is 0 Å². The minimum Gasteiger partial charge on any atom is -0.295 e. The molecule has 2 heteroatoms. The van der Waals surface area contributed by atoms with Crippen LogP contribution in [-0.4, -0.2) is 30.3 Å². The second kappa shape index (κ2) is 8.96. The van der Waals surface area contributed by atoms with Crippen molar-refractivity contribution in [3.8, 4) is 0 Å². The van der Waals surface area contributed by atoms with Crippen LogP contribution in [0.25, 0.3) is 12.2 Å². The summed E-state index contributed by atoms with van der Waals surface area (Å²) < 4.78 is 0. The second-order valence-corrected chi connectivity index (χ2v) is 10.7.